The van der Waals surface area contributed by atoms with E-state index in [4.69, 9.17) is 9.47 Å². The van der Waals surface area contributed by atoms with Crippen LogP contribution in [0.25, 0.3) is 0 Å². The zero-order valence-electron chi connectivity index (χ0n) is 12.0. The van der Waals surface area contributed by atoms with Gasteiger partial charge in [-0.3, -0.25) is 0 Å². The summed E-state index contributed by atoms with van der Waals surface area (Å²) in [5.41, 5.74) is 1.24. The van der Waals surface area contributed by atoms with Gasteiger partial charge in [-0.05, 0) is 59.3 Å². The van der Waals surface area contributed by atoms with Crippen molar-refractivity contribution in [2.24, 2.45) is 5.92 Å². The summed E-state index contributed by atoms with van der Waals surface area (Å²) >= 11 is 3.55. The van der Waals surface area contributed by atoms with Crippen LogP contribution in [-0.2, 0) is 6.54 Å². The van der Waals surface area contributed by atoms with Crippen molar-refractivity contribution < 1.29 is 9.47 Å². The van der Waals surface area contributed by atoms with E-state index in [1.54, 1.807) is 0 Å². The predicted octanol–water partition coefficient (Wildman–Crippen LogP) is 4.24. The lowest BCUT2D eigenvalue weighted by molar-refractivity contribution is 0.173. The van der Waals surface area contributed by atoms with Gasteiger partial charge in [0, 0.05) is 12.6 Å². The first-order valence-corrected chi connectivity index (χ1v) is 8.35. The molecule has 4 heteroatoms. The maximum absolute atomic E-state index is 5.46. The second kappa shape index (κ2) is 6.35. The van der Waals surface area contributed by atoms with Gasteiger partial charge in [0.1, 0.15) is 0 Å². The van der Waals surface area contributed by atoms with E-state index in [9.17, 15) is 0 Å². The molecule has 0 saturated heterocycles. The van der Waals surface area contributed by atoms with E-state index in [1.165, 1.54) is 37.7 Å². The van der Waals surface area contributed by atoms with Crippen molar-refractivity contribution in [3.63, 3.8) is 0 Å². The van der Waals surface area contributed by atoms with Gasteiger partial charge in [-0.1, -0.05) is 19.3 Å². The highest BCUT2D eigenvalue weighted by atomic mass is 79.9. The SMILES string of the molecule is C[C@H](NCc1cc(Br)c2c(c1)OCO2)C1CCCCC1. The van der Waals surface area contributed by atoms with Gasteiger partial charge in [-0.25, -0.2) is 0 Å². The summed E-state index contributed by atoms with van der Waals surface area (Å²) in [4.78, 5) is 0. The molecule has 1 aromatic carbocycles. The first-order valence-electron chi connectivity index (χ1n) is 7.55. The first-order chi connectivity index (χ1) is 9.74. The van der Waals surface area contributed by atoms with Crippen molar-refractivity contribution in [1.82, 2.24) is 5.32 Å². The van der Waals surface area contributed by atoms with Gasteiger partial charge in [0.25, 0.3) is 0 Å². The van der Waals surface area contributed by atoms with Crippen LogP contribution in [0.4, 0.5) is 0 Å². The van der Waals surface area contributed by atoms with Crippen LogP contribution in [0.1, 0.15) is 44.6 Å². The molecule has 0 spiro atoms. The molecule has 1 N–H and O–H groups in total. The molecule has 3 nitrogen and oxygen atoms in total. The number of rotatable bonds is 4. The minimum atomic E-state index is 0.323. The van der Waals surface area contributed by atoms with Crippen LogP contribution in [0.15, 0.2) is 16.6 Å². The first kappa shape index (κ1) is 14.2. The normalized spacial score (nSPS) is 20.1. The molecule has 0 unspecified atom stereocenters. The Labute approximate surface area is 129 Å². The molecule has 3 rings (SSSR count). The molecule has 0 amide bonds. The fourth-order valence-corrected chi connectivity index (χ4v) is 3.81. The Morgan fingerprint density at radius 2 is 2.05 bits per heavy atom. The molecular formula is C16H22BrNO2. The summed E-state index contributed by atoms with van der Waals surface area (Å²) in [5.74, 6) is 2.51. The van der Waals surface area contributed by atoms with Gasteiger partial charge >= 0.3 is 0 Å². The molecule has 1 saturated carbocycles. The molecule has 0 radical (unpaired) electrons. The third-order valence-electron chi connectivity index (χ3n) is 4.47. The van der Waals surface area contributed by atoms with Gasteiger partial charge in [0.2, 0.25) is 6.79 Å². The quantitative estimate of drug-likeness (QED) is 0.889. The van der Waals surface area contributed by atoms with Crippen LogP contribution >= 0.6 is 15.9 Å². The van der Waals surface area contributed by atoms with Crippen molar-refractivity contribution in [3.8, 4) is 11.5 Å². The lowest BCUT2D eigenvalue weighted by Gasteiger charge is -2.28. The third kappa shape index (κ3) is 3.12. The zero-order chi connectivity index (χ0) is 13.9. The second-order valence-electron chi connectivity index (χ2n) is 5.88. The van der Waals surface area contributed by atoms with E-state index >= 15 is 0 Å². The maximum atomic E-state index is 5.46. The number of hydrogen-bond acceptors (Lipinski definition) is 3. The average molecular weight is 340 g/mol. The van der Waals surface area contributed by atoms with Crippen LogP contribution in [0.3, 0.4) is 0 Å². The Hall–Kier alpha value is -0.740. The van der Waals surface area contributed by atoms with Crippen LogP contribution in [0, 0.1) is 5.92 Å². The van der Waals surface area contributed by atoms with E-state index < -0.39 is 0 Å². The lowest BCUT2D eigenvalue weighted by atomic mass is 9.84. The zero-order valence-corrected chi connectivity index (χ0v) is 13.5. The Bertz CT molecular complexity index is 472. The summed E-state index contributed by atoms with van der Waals surface area (Å²) in [5, 5.41) is 3.67. The van der Waals surface area contributed by atoms with Gasteiger partial charge in [-0.2, -0.15) is 0 Å². The molecule has 0 aromatic heterocycles. The van der Waals surface area contributed by atoms with Crippen molar-refractivity contribution in [2.45, 2.75) is 51.6 Å². The number of nitrogens with one attached hydrogen (secondary N) is 1. The monoisotopic (exact) mass is 339 g/mol. The Balaban J connectivity index is 1.59. The molecule has 1 heterocycles. The summed E-state index contributed by atoms with van der Waals surface area (Å²) in [6.45, 7) is 3.52. The maximum Gasteiger partial charge on any atom is 0.231 e. The summed E-state index contributed by atoms with van der Waals surface area (Å²) in [7, 11) is 0. The second-order valence-corrected chi connectivity index (χ2v) is 6.73. The van der Waals surface area contributed by atoms with Crippen LogP contribution < -0.4 is 14.8 Å². The number of hydrogen-bond donors (Lipinski definition) is 1. The van der Waals surface area contributed by atoms with Crippen LogP contribution in [0.5, 0.6) is 11.5 Å². The molecule has 110 valence electrons. The largest absolute Gasteiger partial charge is 0.454 e. The number of ether oxygens (including phenoxy) is 2. The van der Waals surface area contributed by atoms with Crippen LogP contribution in [-0.4, -0.2) is 12.8 Å². The Morgan fingerprint density at radius 3 is 2.85 bits per heavy atom. The Kier molecular flexibility index (Phi) is 4.51. The minimum Gasteiger partial charge on any atom is -0.454 e. The average Bonchev–Trinajstić information content (AvgIpc) is 2.94. The van der Waals surface area contributed by atoms with Crippen molar-refractivity contribution in [3.05, 3.63) is 22.2 Å². The number of benzene rings is 1. The predicted molar refractivity (Wildman–Crippen MR) is 83.1 cm³/mol. The highest BCUT2D eigenvalue weighted by Crippen LogP contribution is 2.40. The van der Waals surface area contributed by atoms with Gasteiger partial charge in [0.05, 0.1) is 4.47 Å². The summed E-state index contributed by atoms with van der Waals surface area (Å²) in [6, 6.07) is 4.78. The van der Waals surface area contributed by atoms with E-state index in [1.807, 2.05) is 0 Å². The van der Waals surface area contributed by atoms with Crippen molar-refractivity contribution in [1.29, 1.82) is 0 Å². The minimum absolute atomic E-state index is 0.323. The molecular weight excluding hydrogens is 318 g/mol. The van der Waals surface area contributed by atoms with E-state index in [0.29, 0.717) is 12.8 Å². The lowest BCUT2D eigenvalue weighted by Crippen LogP contribution is -2.34. The standard InChI is InChI=1S/C16H22BrNO2/c1-11(13-5-3-2-4-6-13)18-9-12-7-14(17)16-15(8-12)19-10-20-16/h7-8,11,13,18H,2-6,9-10H2,1H3/t11-/m0/s1. The molecule has 2 aliphatic rings. The molecule has 1 aliphatic carbocycles. The molecule has 0 bridgehead atoms. The molecule has 1 atom stereocenters. The highest BCUT2D eigenvalue weighted by molar-refractivity contribution is 9.10. The molecule has 1 fully saturated rings. The molecule has 1 aromatic rings. The van der Waals surface area contributed by atoms with Crippen molar-refractivity contribution >= 4 is 15.9 Å². The number of halogens is 1. The van der Waals surface area contributed by atoms with E-state index in [2.05, 4.69) is 40.3 Å². The number of fused-ring (bicyclic) bond motifs is 1. The van der Waals surface area contributed by atoms with Gasteiger partial charge in [0.15, 0.2) is 11.5 Å². The fourth-order valence-electron chi connectivity index (χ4n) is 3.20. The third-order valence-corrected chi connectivity index (χ3v) is 5.06. The van der Waals surface area contributed by atoms with Gasteiger partial charge < -0.3 is 14.8 Å². The topological polar surface area (TPSA) is 30.5 Å². The van der Waals surface area contributed by atoms with E-state index in [-0.39, 0.29) is 0 Å². The van der Waals surface area contributed by atoms with E-state index in [0.717, 1.165) is 28.4 Å². The fraction of sp³-hybridized carbons (Fsp3) is 0.625. The summed E-state index contributed by atoms with van der Waals surface area (Å²) < 4.78 is 11.9. The van der Waals surface area contributed by atoms with Crippen molar-refractivity contribution in [2.75, 3.05) is 6.79 Å². The highest BCUT2D eigenvalue weighted by Gasteiger charge is 2.21. The van der Waals surface area contributed by atoms with Crippen LogP contribution in [0.2, 0.25) is 0 Å². The molecule has 1 aliphatic heterocycles. The Morgan fingerprint density at radius 1 is 1.25 bits per heavy atom. The molecule has 20 heavy (non-hydrogen) atoms. The summed E-state index contributed by atoms with van der Waals surface area (Å²) in [6.07, 6.45) is 6.95. The van der Waals surface area contributed by atoms with Gasteiger partial charge in [-0.15, -0.1) is 0 Å². The smallest absolute Gasteiger partial charge is 0.231 e.